The van der Waals surface area contributed by atoms with Crippen LogP contribution in [0.15, 0.2) is 67.3 Å². The van der Waals surface area contributed by atoms with Crippen molar-refractivity contribution in [3.05, 3.63) is 70.5 Å². The lowest BCUT2D eigenvalue weighted by Gasteiger charge is -2.07. The van der Waals surface area contributed by atoms with Crippen molar-refractivity contribution in [3.8, 4) is 23.3 Å². The Hall–Kier alpha value is -3.81. The lowest BCUT2D eigenvalue weighted by molar-refractivity contribution is 0.333. The van der Waals surface area contributed by atoms with Gasteiger partial charge in [0, 0.05) is 7.05 Å². The Morgan fingerprint density at radius 2 is 1.96 bits per heavy atom. The molecule has 0 amide bonds. The summed E-state index contributed by atoms with van der Waals surface area (Å²) in [5.74, 6) is 0.111. The van der Waals surface area contributed by atoms with Crippen molar-refractivity contribution < 1.29 is 13.9 Å². The molecule has 0 bridgehead atoms. The highest BCUT2D eigenvalue weighted by Gasteiger charge is 2.17. The van der Waals surface area contributed by atoms with Gasteiger partial charge in [-0.2, -0.15) is 0 Å². The van der Waals surface area contributed by atoms with Crippen molar-refractivity contribution in [1.29, 1.82) is 0 Å². The molecule has 0 spiro atoms. The van der Waals surface area contributed by atoms with Gasteiger partial charge >= 0.3 is 5.95 Å². The second-order valence-corrected chi connectivity index (χ2v) is 5.86. The third kappa shape index (κ3) is 2.86. The first-order chi connectivity index (χ1) is 13.1. The predicted octanol–water partition coefficient (Wildman–Crippen LogP) is 3.19. The smallest absolute Gasteiger partial charge is 0.312 e. The zero-order valence-corrected chi connectivity index (χ0v) is 14.7. The number of hydrogen-bond donors (Lipinski definition) is 1. The first kappa shape index (κ1) is 16.6. The zero-order chi connectivity index (χ0) is 19.0. The van der Waals surface area contributed by atoms with E-state index in [0.717, 1.165) is 5.69 Å². The summed E-state index contributed by atoms with van der Waals surface area (Å²) in [4.78, 5) is 21.2. The summed E-state index contributed by atoms with van der Waals surface area (Å²) in [6.07, 6.45) is 2.77. The molecule has 136 valence electrons. The van der Waals surface area contributed by atoms with E-state index in [0.29, 0.717) is 11.5 Å². The maximum atomic E-state index is 12.8. The van der Waals surface area contributed by atoms with E-state index in [1.165, 1.54) is 17.2 Å². The Bertz CT molecular complexity index is 1160. The molecule has 0 saturated heterocycles. The van der Waals surface area contributed by atoms with Crippen molar-refractivity contribution in [3.63, 3.8) is 0 Å². The number of oxazole rings is 1. The van der Waals surface area contributed by atoms with Crippen LogP contribution in [0.5, 0.6) is 5.95 Å². The van der Waals surface area contributed by atoms with E-state index in [4.69, 9.17) is 8.83 Å². The molecule has 8 nitrogen and oxygen atoms in total. The third-order valence-corrected chi connectivity index (χ3v) is 4.21. The molecule has 1 N–H and O–H groups in total. The molecule has 0 saturated carbocycles. The highest BCUT2D eigenvalue weighted by molar-refractivity contribution is 5.82. The summed E-state index contributed by atoms with van der Waals surface area (Å²) >= 11 is 0. The van der Waals surface area contributed by atoms with Crippen LogP contribution in [0.2, 0.25) is 0 Å². The topological polar surface area (TPSA) is 98.7 Å². The van der Waals surface area contributed by atoms with Crippen LogP contribution in [0.1, 0.15) is 11.4 Å². The summed E-state index contributed by atoms with van der Waals surface area (Å²) in [5.41, 5.74) is 1.50. The molecule has 3 heterocycles. The first-order valence-electron chi connectivity index (χ1n) is 8.18. The van der Waals surface area contributed by atoms with E-state index in [2.05, 4.69) is 9.98 Å². The van der Waals surface area contributed by atoms with Crippen molar-refractivity contribution in [1.82, 2.24) is 14.3 Å². The van der Waals surface area contributed by atoms with E-state index in [1.54, 1.807) is 30.8 Å². The average molecular weight is 364 g/mol. The van der Waals surface area contributed by atoms with Crippen LogP contribution < -0.4 is 5.56 Å². The number of nitrogens with zero attached hydrogens (tertiary/aromatic N) is 4. The summed E-state index contributed by atoms with van der Waals surface area (Å²) in [6, 6.07) is 12.6. The Labute approximate surface area is 153 Å². The molecule has 0 aliphatic rings. The fraction of sp³-hybridized carbons (Fsp3) is 0.105. The van der Waals surface area contributed by atoms with Gasteiger partial charge in [0.25, 0.3) is 11.4 Å². The van der Waals surface area contributed by atoms with Gasteiger partial charge in [0.15, 0.2) is 17.1 Å². The van der Waals surface area contributed by atoms with Crippen molar-refractivity contribution in [2.75, 3.05) is 0 Å². The first-order valence-corrected chi connectivity index (χ1v) is 8.18. The number of para-hydroxylation sites is 1. The van der Waals surface area contributed by atoms with E-state index in [1.807, 2.05) is 30.3 Å². The van der Waals surface area contributed by atoms with Gasteiger partial charge in [-0.15, -0.1) is 0 Å². The molecule has 0 aliphatic carbocycles. The monoisotopic (exact) mass is 364 g/mol. The summed E-state index contributed by atoms with van der Waals surface area (Å²) in [5, 5.41) is 9.93. The van der Waals surface area contributed by atoms with E-state index in [9.17, 15) is 9.90 Å². The molecule has 0 fully saturated rings. The number of benzene rings is 1. The van der Waals surface area contributed by atoms with Crippen LogP contribution in [0.3, 0.4) is 0 Å². The predicted molar refractivity (Wildman–Crippen MR) is 98.9 cm³/mol. The summed E-state index contributed by atoms with van der Waals surface area (Å²) < 4.78 is 13.6. The fourth-order valence-corrected chi connectivity index (χ4v) is 2.74. The molecular formula is C19H16N4O4. The molecule has 27 heavy (non-hydrogen) atoms. The van der Waals surface area contributed by atoms with Crippen LogP contribution in [-0.2, 0) is 7.05 Å². The van der Waals surface area contributed by atoms with Gasteiger partial charge in [-0.25, -0.2) is 14.7 Å². The second-order valence-electron chi connectivity index (χ2n) is 5.86. The third-order valence-electron chi connectivity index (χ3n) is 4.21. The Kier molecular flexibility index (Phi) is 4.00. The molecule has 0 atom stereocenters. The molecule has 4 rings (SSSR count). The highest BCUT2D eigenvalue weighted by atomic mass is 16.5. The minimum atomic E-state index is -0.401. The van der Waals surface area contributed by atoms with Gasteiger partial charge in [-0.1, -0.05) is 18.2 Å². The molecule has 0 unspecified atom stereocenters. The van der Waals surface area contributed by atoms with Crippen LogP contribution in [0, 0.1) is 6.92 Å². The Morgan fingerprint density at radius 3 is 2.67 bits per heavy atom. The van der Waals surface area contributed by atoms with E-state index in [-0.39, 0.29) is 22.8 Å². The lowest BCUT2D eigenvalue weighted by atomic mass is 10.3. The van der Waals surface area contributed by atoms with Gasteiger partial charge < -0.3 is 13.9 Å². The van der Waals surface area contributed by atoms with Crippen LogP contribution in [0.4, 0.5) is 5.69 Å². The molecule has 8 heteroatoms. The normalized spacial score (nSPS) is 11.5. The molecular weight excluding hydrogens is 348 g/mol. The van der Waals surface area contributed by atoms with Crippen LogP contribution >= 0.6 is 0 Å². The summed E-state index contributed by atoms with van der Waals surface area (Å²) in [7, 11) is 1.78. The van der Waals surface area contributed by atoms with E-state index < -0.39 is 5.95 Å². The maximum absolute atomic E-state index is 12.8. The Balaban J connectivity index is 1.73. The zero-order valence-electron chi connectivity index (χ0n) is 14.7. The molecule has 1 aromatic carbocycles. The van der Waals surface area contributed by atoms with Crippen LogP contribution in [0.25, 0.3) is 17.3 Å². The Morgan fingerprint density at radius 1 is 1.19 bits per heavy atom. The van der Waals surface area contributed by atoms with Crippen molar-refractivity contribution in [2.24, 2.45) is 12.0 Å². The van der Waals surface area contributed by atoms with Gasteiger partial charge in [0.05, 0.1) is 23.9 Å². The van der Waals surface area contributed by atoms with Gasteiger partial charge in [-0.05, 0) is 31.2 Å². The quantitative estimate of drug-likeness (QED) is 0.561. The van der Waals surface area contributed by atoms with E-state index >= 15 is 0 Å². The van der Waals surface area contributed by atoms with Gasteiger partial charge in [0.1, 0.15) is 0 Å². The lowest BCUT2D eigenvalue weighted by Crippen LogP contribution is -2.19. The number of rotatable bonds is 4. The van der Waals surface area contributed by atoms with Gasteiger partial charge in [-0.3, -0.25) is 9.48 Å². The number of aromatic hydroxyl groups is 1. The highest BCUT2D eigenvalue weighted by Crippen LogP contribution is 2.26. The second kappa shape index (κ2) is 6.49. The SMILES string of the molecule is Cc1c(N=Cc2nc(-c3ccco3)oc2O)c(=O)n(-c2ccccc2)n1C. The molecule has 0 radical (unpaired) electrons. The average Bonchev–Trinajstić information content (AvgIpc) is 3.36. The number of furan rings is 1. The molecule has 0 aliphatic heterocycles. The number of aromatic nitrogens is 3. The summed E-state index contributed by atoms with van der Waals surface area (Å²) in [6.45, 7) is 1.80. The minimum Gasteiger partial charge on any atom is -0.479 e. The fourth-order valence-electron chi connectivity index (χ4n) is 2.74. The standard InChI is InChI=1S/C19H16N4O4/c1-12-16(18(24)23(22(12)2)13-7-4-3-5-8-13)20-11-14-19(25)27-17(21-14)15-9-6-10-26-15/h3-11,25H,1-2H3. The van der Waals surface area contributed by atoms with Crippen LogP contribution in [-0.4, -0.2) is 25.7 Å². The molecule has 3 aromatic heterocycles. The molecule has 4 aromatic rings. The number of hydrogen-bond acceptors (Lipinski definition) is 6. The number of aliphatic imine (C=N–C) groups is 1. The minimum absolute atomic E-state index is 0.107. The van der Waals surface area contributed by atoms with Gasteiger partial charge in [0.2, 0.25) is 0 Å². The largest absolute Gasteiger partial charge is 0.479 e. The van der Waals surface area contributed by atoms with Crippen molar-refractivity contribution >= 4 is 11.9 Å². The maximum Gasteiger partial charge on any atom is 0.312 e. The van der Waals surface area contributed by atoms with Crippen molar-refractivity contribution in [2.45, 2.75) is 6.92 Å².